The van der Waals surface area contributed by atoms with Crippen molar-refractivity contribution in [3.05, 3.63) is 18.5 Å². The van der Waals surface area contributed by atoms with E-state index in [2.05, 4.69) is 16.9 Å². The van der Waals surface area contributed by atoms with E-state index in [9.17, 15) is 0 Å². The van der Waals surface area contributed by atoms with Crippen molar-refractivity contribution in [2.24, 2.45) is 5.73 Å². The Bertz CT molecular complexity index is 301. The summed E-state index contributed by atoms with van der Waals surface area (Å²) in [6.45, 7) is 6.55. The highest BCUT2D eigenvalue weighted by molar-refractivity contribution is 4.79. The summed E-state index contributed by atoms with van der Waals surface area (Å²) in [4.78, 5) is 2.40. The van der Waals surface area contributed by atoms with Crippen LogP contribution in [0.1, 0.15) is 6.92 Å². The highest BCUT2D eigenvalue weighted by Gasteiger charge is 2.23. The van der Waals surface area contributed by atoms with Crippen LogP contribution in [0.15, 0.2) is 18.5 Å². The summed E-state index contributed by atoms with van der Waals surface area (Å²) in [5.74, 6) is 0. The molecule has 0 amide bonds. The van der Waals surface area contributed by atoms with Gasteiger partial charge in [0.1, 0.15) is 0 Å². The normalized spacial score (nSPS) is 27.1. The first kappa shape index (κ1) is 11.6. The van der Waals surface area contributed by atoms with Crippen LogP contribution in [0.2, 0.25) is 0 Å². The topological polar surface area (TPSA) is 56.3 Å². The molecule has 2 N–H and O–H groups in total. The minimum atomic E-state index is 0.182. The quantitative estimate of drug-likeness (QED) is 0.778. The highest BCUT2D eigenvalue weighted by atomic mass is 16.5. The lowest BCUT2D eigenvalue weighted by atomic mass is 10.2. The molecule has 1 aliphatic rings. The molecule has 1 aromatic rings. The first-order valence-electron chi connectivity index (χ1n) is 5.83. The average Bonchev–Trinajstić information content (AvgIpc) is 2.78. The first-order valence-corrected chi connectivity index (χ1v) is 5.83. The summed E-state index contributed by atoms with van der Waals surface area (Å²) >= 11 is 0. The molecule has 0 aromatic carbocycles. The van der Waals surface area contributed by atoms with Crippen LogP contribution in [0.5, 0.6) is 0 Å². The van der Waals surface area contributed by atoms with Gasteiger partial charge in [-0.1, -0.05) is 0 Å². The predicted octanol–water partition coefficient (Wildman–Crippen LogP) is -0.0689. The molecule has 2 unspecified atom stereocenters. The molecule has 5 nitrogen and oxygen atoms in total. The van der Waals surface area contributed by atoms with Crippen molar-refractivity contribution in [3.8, 4) is 0 Å². The van der Waals surface area contributed by atoms with Crippen LogP contribution in [0.25, 0.3) is 0 Å². The van der Waals surface area contributed by atoms with Crippen molar-refractivity contribution in [3.63, 3.8) is 0 Å². The van der Waals surface area contributed by atoms with Crippen LogP contribution in [-0.4, -0.2) is 53.1 Å². The number of ether oxygens (including phenoxy) is 1. The van der Waals surface area contributed by atoms with Gasteiger partial charge in [0.25, 0.3) is 0 Å². The lowest BCUT2D eigenvalue weighted by molar-refractivity contribution is -0.0727. The molecule has 0 saturated carbocycles. The van der Waals surface area contributed by atoms with Crippen molar-refractivity contribution < 1.29 is 4.74 Å². The van der Waals surface area contributed by atoms with E-state index >= 15 is 0 Å². The summed E-state index contributed by atoms with van der Waals surface area (Å²) < 4.78 is 7.67. The second-order valence-corrected chi connectivity index (χ2v) is 4.33. The number of rotatable bonds is 4. The van der Waals surface area contributed by atoms with E-state index < -0.39 is 0 Å². The third kappa shape index (κ3) is 3.04. The Morgan fingerprint density at radius 3 is 3.00 bits per heavy atom. The molecule has 2 atom stereocenters. The van der Waals surface area contributed by atoms with Crippen LogP contribution >= 0.6 is 0 Å². The molecule has 2 heterocycles. The number of nitrogens with zero attached hydrogens (tertiary/aromatic N) is 3. The lowest BCUT2D eigenvalue weighted by Gasteiger charge is -2.36. The van der Waals surface area contributed by atoms with Crippen molar-refractivity contribution in [2.75, 3.05) is 26.2 Å². The van der Waals surface area contributed by atoms with Gasteiger partial charge in [0, 0.05) is 38.6 Å². The Morgan fingerprint density at radius 2 is 2.31 bits per heavy atom. The van der Waals surface area contributed by atoms with Crippen molar-refractivity contribution in [1.29, 1.82) is 0 Å². The van der Waals surface area contributed by atoms with E-state index in [-0.39, 0.29) is 12.2 Å². The number of hydrogen-bond acceptors (Lipinski definition) is 4. The summed E-state index contributed by atoms with van der Waals surface area (Å²) in [6, 6.07) is 1.95. The van der Waals surface area contributed by atoms with E-state index in [0.717, 1.165) is 26.2 Å². The molecule has 0 aliphatic carbocycles. The minimum absolute atomic E-state index is 0.182. The van der Waals surface area contributed by atoms with E-state index in [1.165, 1.54) is 0 Å². The number of hydrogen-bond donors (Lipinski definition) is 1. The van der Waals surface area contributed by atoms with Gasteiger partial charge in [-0.3, -0.25) is 9.58 Å². The average molecular weight is 224 g/mol. The maximum atomic E-state index is 5.71. The van der Waals surface area contributed by atoms with Gasteiger partial charge < -0.3 is 10.5 Å². The van der Waals surface area contributed by atoms with Gasteiger partial charge in [0.15, 0.2) is 0 Å². The van der Waals surface area contributed by atoms with Gasteiger partial charge in [-0.25, -0.2) is 0 Å². The minimum Gasteiger partial charge on any atom is -0.371 e. The monoisotopic (exact) mass is 224 g/mol. The van der Waals surface area contributed by atoms with Gasteiger partial charge in [-0.05, 0) is 13.0 Å². The zero-order valence-corrected chi connectivity index (χ0v) is 9.75. The zero-order chi connectivity index (χ0) is 11.4. The zero-order valence-electron chi connectivity index (χ0n) is 9.75. The number of morpholine rings is 1. The molecule has 5 heteroatoms. The van der Waals surface area contributed by atoms with Gasteiger partial charge in [-0.15, -0.1) is 0 Å². The van der Waals surface area contributed by atoms with Crippen molar-refractivity contribution in [1.82, 2.24) is 14.7 Å². The molecule has 1 saturated heterocycles. The van der Waals surface area contributed by atoms with Gasteiger partial charge in [-0.2, -0.15) is 5.10 Å². The lowest BCUT2D eigenvalue weighted by Crippen LogP contribution is -2.49. The Labute approximate surface area is 96.2 Å². The smallest absolute Gasteiger partial charge is 0.0828 e. The van der Waals surface area contributed by atoms with Crippen LogP contribution in [0, 0.1) is 0 Å². The van der Waals surface area contributed by atoms with E-state index in [1.807, 2.05) is 23.1 Å². The summed E-state index contributed by atoms with van der Waals surface area (Å²) in [5, 5.41) is 4.19. The Hall–Kier alpha value is -0.910. The van der Waals surface area contributed by atoms with Crippen LogP contribution in [0.3, 0.4) is 0 Å². The third-order valence-electron chi connectivity index (χ3n) is 2.87. The SMILES string of the molecule is CC1CN(CCn2cccn2)CC(CN)O1. The fourth-order valence-corrected chi connectivity index (χ4v) is 2.13. The molecule has 90 valence electrons. The Kier molecular flexibility index (Phi) is 3.93. The first-order chi connectivity index (χ1) is 7.78. The highest BCUT2D eigenvalue weighted by Crippen LogP contribution is 2.10. The summed E-state index contributed by atoms with van der Waals surface area (Å²) in [7, 11) is 0. The maximum Gasteiger partial charge on any atom is 0.0828 e. The van der Waals surface area contributed by atoms with Crippen molar-refractivity contribution >= 4 is 0 Å². The van der Waals surface area contributed by atoms with Gasteiger partial charge in [0.2, 0.25) is 0 Å². The molecule has 0 spiro atoms. The number of nitrogens with two attached hydrogens (primary N) is 1. The fourth-order valence-electron chi connectivity index (χ4n) is 2.13. The molecule has 0 bridgehead atoms. The molecule has 2 rings (SSSR count). The largest absolute Gasteiger partial charge is 0.371 e. The van der Waals surface area contributed by atoms with Crippen LogP contribution in [-0.2, 0) is 11.3 Å². The van der Waals surface area contributed by atoms with Crippen LogP contribution < -0.4 is 5.73 Å². The van der Waals surface area contributed by atoms with Crippen LogP contribution in [0.4, 0.5) is 0 Å². The molecule has 0 radical (unpaired) electrons. The molecular weight excluding hydrogens is 204 g/mol. The Balaban J connectivity index is 1.80. The van der Waals surface area contributed by atoms with E-state index in [0.29, 0.717) is 6.54 Å². The second kappa shape index (κ2) is 5.43. The Morgan fingerprint density at radius 1 is 1.44 bits per heavy atom. The standard InChI is InChI=1S/C11H20N4O/c1-10-8-14(9-11(7-12)16-10)5-6-15-4-2-3-13-15/h2-4,10-11H,5-9,12H2,1H3. The third-order valence-corrected chi connectivity index (χ3v) is 2.87. The summed E-state index contributed by atoms with van der Waals surface area (Å²) in [5.41, 5.74) is 5.65. The summed E-state index contributed by atoms with van der Waals surface area (Å²) in [6.07, 6.45) is 4.26. The van der Waals surface area contributed by atoms with E-state index in [1.54, 1.807) is 0 Å². The fraction of sp³-hybridized carbons (Fsp3) is 0.727. The van der Waals surface area contributed by atoms with Gasteiger partial charge >= 0.3 is 0 Å². The van der Waals surface area contributed by atoms with Gasteiger partial charge in [0.05, 0.1) is 18.8 Å². The molecule has 16 heavy (non-hydrogen) atoms. The molecule has 1 fully saturated rings. The molecule has 1 aromatic heterocycles. The molecule has 1 aliphatic heterocycles. The predicted molar refractivity (Wildman–Crippen MR) is 62.1 cm³/mol. The molecular formula is C11H20N4O. The maximum absolute atomic E-state index is 5.71. The second-order valence-electron chi connectivity index (χ2n) is 4.33. The van der Waals surface area contributed by atoms with E-state index in [4.69, 9.17) is 10.5 Å². The van der Waals surface area contributed by atoms with Crippen molar-refractivity contribution in [2.45, 2.75) is 25.7 Å². The number of aromatic nitrogens is 2.